The lowest BCUT2D eigenvalue weighted by Crippen LogP contribution is -2.38. The van der Waals surface area contributed by atoms with Gasteiger partial charge in [0.1, 0.15) is 0 Å². The lowest BCUT2D eigenvalue weighted by atomic mass is 9.95. The van der Waals surface area contributed by atoms with Crippen molar-refractivity contribution >= 4 is 11.8 Å². The fraction of sp³-hybridized carbons (Fsp3) is 0.571. The summed E-state index contributed by atoms with van der Waals surface area (Å²) >= 11 is 2.05. The molecule has 2 atom stereocenters. The molecule has 1 aliphatic rings. The summed E-state index contributed by atoms with van der Waals surface area (Å²) in [5, 5.41) is 4.22. The highest BCUT2D eigenvalue weighted by Crippen LogP contribution is 2.33. The molecule has 88 valence electrons. The molecule has 2 unspecified atom stereocenters. The third-order valence-corrected chi connectivity index (χ3v) is 4.74. The fourth-order valence-corrected chi connectivity index (χ4v) is 3.91. The third kappa shape index (κ3) is 3.02. The smallest absolute Gasteiger partial charge is 0.0248 e. The van der Waals surface area contributed by atoms with Gasteiger partial charge >= 0.3 is 0 Å². The number of hydrogen-bond acceptors (Lipinski definition) is 2. The van der Waals surface area contributed by atoms with Crippen molar-refractivity contribution in [1.82, 2.24) is 5.32 Å². The van der Waals surface area contributed by atoms with Crippen molar-refractivity contribution in [3.8, 4) is 0 Å². The van der Waals surface area contributed by atoms with E-state index in [-0.39, 0.29) is 0 Å². The first kappa shape index (κ1) is 12.0. The molecule has 1 aromatic rings. The Hall–Kier alpha value is -0.470. The van der Waals surface area contributed by atoms with Crippen LogP contribution >= 0.6 is 11.8 Å². The number of hydrogen-bond donors (Lipinski definition) is 1. The molecule has 0 heterocycles. The van der Waals surface area contributed by atoms with E-state index in [1.807, 2.05) is 11.8 Å². The molecule has 0 aliphatic heterocycles. The van der Waals surface area contributed by atoms with Gasteiger partial charge in [0.15, 0.2) is 0 Å². The second-order valence-electron chi connectivity index (χ2n) is 4.65. The van der Waals surface area contributed by atoms with Gasteiger partial charge in [0.05, 0.1) is 0 Å². The first-order valence-electron chi connectivity index (χ1n) is 6.20. The van der Waals surface area contributed by atoms with Crippen LogP contribution in [0, 0.1) is 6.92 Å². The van der Waals surface area contributed by atoms with E-state index in [0.717, 1.165) is 5.25 Å². The summed E-state index contributed by atoms with van der Waals surface area (Å²) < 4.78 is 0. The molecule has 0 bridgehead atoms. The molecule has 2 heteroatoms. The van der Waals surface area contributed by atoms with Crippen LogP contribution in [-0.4, -0.2) is 18.3 Å². The molecule has 16 heavy (non-hydrogen) atoms. The predicted molar refractivity (Wildman–Crippen MR) is 72.1 cm³/mol. The quantitative estimate of drug-likeness (QED) is 0.859. The lowest BCUT2D eigenvalue weighted by molar-refractivity contribution is 0.405. The van der Waals surface area contributed by atoms with Crippen LogP contribution in [0.25, 0.3) is 0 Å². The molecule has 2 rings (SSSR count). The Morgan fingerprint density at radius 2 is 2.06 bits per heavy atom. The first-order chi connectivity index (χ1) is 7.79. The SMILES string of the molecule is CNC1CCCCC1Sc1cccc(C)c1. The van der Waals surface area contributed by atoms with Crippen molar-refractivity contribution in [2.75, 3.05) is 7.05 Å². The van der Waals surface area contributed by atoms with E-state index in [4.69, 9.17) is 0 Å². The van der Waals surface area contributed by atoms with E-state index in [2.05, 4.69) is 43.6 Å². The normalized spacial score (nSPS) is 25.6. The Bertz CT molecular complexity index is 337. The minimum atomic E-state index is 0.694. The molecular formula is C14H21NS. The maximum absolute atomic E-state index is 3.47. The van der Waals surface area contributed by atoms with Gasteiger partial charge in [-0.1, -0.05) is 30.5 Å². The maximum atomic E-state index is 3.47. The number of rotatable bonds is 3. The largest absolute Gasteiger partial charge is 0.316 e. The van der Waals surface area contributed by atoms with Crippen molar-refractivity contribution in [1.29, 1.82) is 0 Å². The summed E-state index contributed by atoms with van der Waals surface area (Å²) in [5.74, 6) is 0. The monoisotopic (exact) mass is 235 g/mol. The molecule has 1 aromatic carbocycles. The zero-order chi connectivity index (χ0) is 11.4. The van der Waals surface area contributed by atoms with E-state index in [9.17, 15) is 0 Å². The Kier molecular flexibility index (Phi) is 4.30. The Labute approximate surface area is 103 Å². The molecule has 0 amide bonds. The van der Waals surface area contributed by atoms with Gasteiger partial charge in [0.2, 0.25) is 0 Å². The van der Waals surface area contributed by atoms with E-state index in [0.29, 0.717) is 6.04 Å². The molecule has 0 spiro atoms. The average Bonchev–Trinajstić information content (AvgIpc) is 2.30. The predicted octanol–water partition coefficient (Wildman–Crippen LogP) is 3.62. The van der Waals surface area contributed by atoms with E-state index in [1.54, 1.807) is 0 Å². The van der Waals surface area contributed by atoms with Crippen LogP contribution in [0.3, 0.4) is 0 Å². The lowest BCUT2D eigenvalue weighted by Gasteiger charge is -2.30. The second-order valence-corrected chi connectivity index (χ2v) is 5.97. The molecule has 0 radical (unpaired) electrons. The molecule has 1 saturated carbocycles. The maximum Gasteiger partial charge on any atom is 0.0248 e. The summed E-state index contributed by atoms with van der Waals surface area (Å²) in [7, 11) is 2.10. The summed E-state index contributed by atoms with van der Waals surface area (Å²) in [5.41, 5.74) is 1.36. The Balaban J connectivity index is 2.02. The second kappa shape index (κ2) is 5.74. The molecule has 0 aromatic heterocycles. The zero-order valence-electron chi connectivity index (χ0n) is 10.2. The van der Waals surface area contributed by atoms with E-state index in [1.165, 1.54) is 36.1 Å². The van der Waals surface area contributed by atoms with E-state index >= 15 is 0 Å². The van der Waals surface area contributed by atoms with Crippen LogP contribution in [-0.2, 0) is 0 Å². The molecule has 0 saturated heterocycles. The third-order valence-electron chi connectivity index (χ3n) is 3.35. The highest BCUT2D eigenvalue weighted by molar-refractivity contribution is 8.00. The molecule has 1 fully saturated rings. The highest BCUT2D eigenvalue weighted by atomic mass is 32.2. The number of thioether (sulfide) groups is 1. The summed E-state index contributed by atoms with van der Waals surface area (Å²) in [6, 6.07) is 9.56. The van der Waals surface area contributed by atoms with Gasteiger partial charge in [-0.25, -0.2) is 0 Å². The number of nitrogens with one attached hydrogen (secondary N) is 1. The van der Waals surface area contributed by atoms with Crippen LogP contribution < -0.4 is 5.32 Å². The van der Waals surface area contributed by atoms with Crippen LogP contribution in [0.5, 0.6) is 0 Å². The van der Waals surface area contributed by atoms with Crippen molar-refractivity contribution < 1.29 is 0 Å². The van der Waals surface area contributed by atoms with Gasteiger partial charge in [-0.3, -0.25) is 0 Å². The summed E-state index contributed by atoms with van der Waals surface area (Å²) in [6.07, 6.45) is 5.46. The van der Waals surface area contributed by atoms with Gasteiger partial charge in [-0.05, 0) is 38.9 Å². The highest BCUT2D eigenvalue weighted by Gasteiger charge is 2.24. The fourth-order valence-electron chi connectivity index (χ4n) is 2.43. The van der Waals surface area contributed by atoms with E-state index < -0.39 is 0 Å². The Morgan fingerprint density at radius 1 is 1.25 bits per heavy atom. The Morgan fingerprint density at radius 3 is 2.81 bits per heavy atom. The van der Waals surface area contributed by atoms with Crippen molar-refractivity contribution in [2.45, 2.75) is 48.8 Å². The first-order valence-corrected chi connectivity index (χ1v) is 7.08. The molecule has 1 nitrogen and oxygen atoms in total. The van der Waals surface area contributed by atoms with Crippen LogP contribution in [0.15, 0.2) is 29.2 Å². The van der Waals surface area contributed by atoms with Gasteiger partial charge in [0.25, 0.3) is 0 Å². The van der Waals surface area contributed by atoms with Crippen LogP contribution in [0.2, 0.25) is 0 Å². The average molecular weight is 235 g/mol. The summed E-state index contributed by atoms with van der Waals surface area (Å²) in [4.78, 5) is 1.42. The van der Waals surface area contributed by atoms with Crippen molar-refractivity contribution in [3.63, 3.8) is 0 Å². The molecular weight excluding hydrogens is 214 g/mol. The zero-order valence-corrected chi connectivity index (χ0v) is 11.0. The number of aryl methyl sites for hydroxylation is 1. The summed E-state index contributed by atoms with van der Waals surface area (Å²) in [6.45, 7) is 2.17. The van der Waals surface area contributed by atoms with Gasteiger partial charge in [-0.2, -0.15) is 0 Å². The van der Waals surface area contributed by atoms with Crippen LogP contribution in [0.1, 0.15) is 31.2 Å². The van der Waals surface area contributed by atoms with Crippen molar-refractivity contribution in [3.05, 3.63) is 29.8 Å². The number of benzene rings is 1. The van der Waals surface area contributed by atoms with Gasteiger partial charge in [0, 0.05) is 16.2 Å². The molecule has 1 aliphatic carbocycles. The van der Waals surface area contributed by atoms with Crippen molar-refractivity contribution in [2.24, 2.45) is 0 Å². The van der Waals surface area contributed by atoms with Gasteiger partial charge in [-0.15, -0.1) is 11.8 Å². The standard InChI is InChI=1S/C14H21NS/c1-11-6-5-7-12(10-11)16-14-9-4-3-8-13(14)15-2/h5-7,10,13-15H,3-4,8-9H2,1-2H3. The van der Waals surface area contributed by atoms with Crippen LogP contribution in [0.4, 0.5) is 0 Å². The molecule has 1 N–H and O–H groups in total. The minimum absolute atomic E-state index is 0.694. The van der Waals surface area contributed by atoms with Gasteiger partial charge < -0.3 is 5.32 Å². The topological polar surface area (TPSA) is 12.0 Å². The minimum Gasteiger partial charge on any atom is -0.316 e.